The summed E-state index contributed by atoms with van der Waals surface area (Å²) in [7, 11) is 1.62. The Morgan fingerprint density at radius 1 is 1.35 bits per heavy atom. The van der Waals surface area contributed by atoms with Gasteiger partial charge in [0.2, 0.25) is 5.91 Å². The van der Waals surface area contributed by atoms with E-state index >= 15 is 0 Å². The number of hydroxylamine groups is 2. The number of para-hydroxylation sites is 1. The zero-order valence-corrected chi connectivity index (χ0v) is 23.6. The first-order valence-electron chi connectivity index (χ1n) is 12.3. The van der Waals surface area contributed by atoms with E-state index in [9.17, 15) is 15.0 Å². The zero-order valence-electron chi connectivity index (χ0n) is 21.4. The summed E-state index contributed by atoms with van der Waals surface area (Å²) in [6.07, 6.45) is -0.577. The quantitative estimate of drug-likeness (QED) is 0.422. The molecule has 1 saturated carbocycles. The lowest BCUT2D eigenvalue weighted by Gasteiger charge is -2.50. The Kier molecular flexibility index (Phi) is 8.93. The van der Waals surface area contributed by atoms with Crippen LogP contribution in [-0.2, 0) is 16.2 Å². The fourth-order valence-corrected chi connectivity index (χ4v) is 6.56. The van der Waals surface area contributed by atoms with Crippen molar-refractivity contribution in [3.8, 4) is 5.75 Å². The van der Waals surface area contributed by atoms with Crippen LogP contribution in [0.4, 0.5) is 0 Å². The lowest BCUT2D eigenvalue weighted by atomic mass is 9.58. The minimum atomic E-state index is -0.823. The van der Waals surface area contributed by atoms with Crippen LogP contribution in [0.25, 0.3) is 0 Å². The number of nitrogens with one attached hydrogen (secondary N) is 1. The monoisotopic (exact) mass is 588 g/mol. The van der Waals surface area contributed by atoms with Gasteiger partial charge in [-0.2, -0.15) is 5.06 Å². The van der Waals surface area contributed by atoms with E-state index in [0.717, 1.165) is 21.3 Å². The highest BCUT2D eigenvalue weighted by molar-refractivity contribution is 14.1. The van der Waals surface area contributed by atoms with E-state index < -0.39 is 24.2 Å². The highest BCUT2D eigenvalue weighted by atomic mass is 127. The number of ether oxygens (including phenoxy) is 1. The van der Waals surface area contributed by atoms with Crippen LogP contribution in [0.1, 0.15) is 53.5 Å². The van der Waals surface area contributed by atoms with Gasteiger partial charge in [-0.25, -0.2) is 0 Å². The molecular formula is C26H41IN2O5. The summed E-state index contributed by atoms with van der Waals surface area (Å²) < 4.78 is 6.56. The summed E-state index contributed by atoms with van der Waals surface area (Å²) in [5.41, 5.74) is 1.08. The molecule has 3 N–H and O–H groups in total. The van der Waals surface area contributed by atoms with E-state index in [1.54, 1.807) is 19.1 Å². The Hall–Kier alpha value is -0.940. The predicted octanol–water partition coefficient (Wildman–Crippen LogP) is 3.60. The molecule has 192 valence electrons. The number of halogens is 1. The largest absolute Gasteiger partial charge is 0.495 e. The molecule has 0 radical (unpaired) electrons. The Morgan fingerprint density at radius 3 is 2.62 bits per heavy atom. The molecule has 7 nitrogen and oxygen atoms in total. The highest BCUT2D eigenvalue weighted by Gasteiger charge is 2.51. The maximum atomic E-state index is 13.8. The van der Waals surface area contributed by atoms with Gasteiger partial charge in [-0.15, -0.1) is 0 Å². The van der Waals surface area contributed by atoms with Gasteiger partial charge in [-0.05, 0) is 65.2 Å². The first-order chi connectivity index (χ1) is 15.9. The molecular weight excluding hydrogens is 547 g/mol. The number of amides is 1. The number of carbonyl (C=O) groups is 1. The molecule has 2 aliphatic rings. The van der Waals surface area contributed by atoms with Crippen LogP contribution in [0.2, 0.25) is 0 Å². The molecule has 34 heavy (non-hydrogen) atoms. The van der Waals surface area contributed by atoms with Gasteiger partial charge >= 0.3 is 0 Å². The van der Waals surface area contributed by atoms with Crippen LogP contribution >= 0.6 is 22.6 Å². The van der Waals surface area contributed by atoms with Crippen molar-refractivity contribution in [2.75, 3.05) is 13.7 Å². The second kappa shape index (κ2) is 11.0. The number of benzene rings is 1. The number of carbonyl (C=O) groups excluding carboxylic acids is 1. The summed E-state index contributed by atoms with van der Waals surface area (Å²) in [4.78, 5) is 19.8. The van der Waals surface area contributed by atoms with Crippen molar-refractivity contribution < 1.29 is 24.6 Å². The SMILES string of the molecule is COc1c(I)cccc1CN1O[C@@H](CO)C([C@H](C)O)[C@H]1C(=O)N[C@H]1C[C@@H](C)C(C)(C)[C@@H](C)[C@@H]1C. The van der Waals surface area contributed by atoms with Crippen LogP contribution in [-0.4, -0.2) is 59.2 Å². The molecule has 8 heteroatoms. The summed E-state index contributed by atoms with van der Waals surface area (Å²) in [6, 6.07) is 5.16. The average Bonchev–Trinajstić information content (AvgIpc) is 3.15. The van der Waals surface area contributed by atoms with E-state index in [-0.39, 0.29) is 24.0 Å². The predicted molar refractivity (Wildman–Crippen MR) is 140 cm³/mol. The molecule has 2 fully saturated rings. The van der Waals surface area contributed by atoms with Crippen molar-refractivity contribution in [3.63, 3.8) is 0 Å². The van der Waals surface area contributed by atoms with Gasteiger partial charge in [0.15, 0.2) is 0 Å². The molecule has 8 atom stereocenters. The average molecular weight is 589 g/mol. The first kappa shape index (κ1) is 27.6. The van der Waals surface area contributed by atoms with Gasteiger partial charge in [0.25, 0.3) is 0 Å². The molecule has 1 unspecified atom stereocenters. The van der Waals surface area contributed by atoms with Crippen molar-refractivity contribution in [1.29, 1.82) is 0 Å². The third-order valence-electron chi connectivity index (χ3n) is 8.76. The van der Waals surface area contributed by atoms with Crippen LogP contribution < -0.4 is 10.1 Å². The molecule has 0 spiro atoms. The van der Waals surface area contributed by atoms with Crippen molar-refractivity contribution in [2.45, 2.75) is 78.8 Å². The molecule has 1 aliphatic carbocycles. The van der Waals surface area contributed by atoms with Crippen LogP contribution in [0.5, 0.6) is 5.75 Å². The fourth-order valence-electron chi connectivity index (χ4n) is 5.78. The Bertz CT molecular complexity index is 864. The zero-order chi connectivity index (χ0) is 25.4. The van der Waals surface area contributed by atoms with Crippen molar-refractivity contribution in [3.05, 3.63) is 27.3 Å². The van der Waals surface area contributed by atoms with Crippen LogP contribution in [0.3, 0.4) is 0 Å². The fraction of sp³-hybridized carbons (Fsp3) is 0.731. The minimum Gasteiger partial charge on any atom is -0.495 e. The van der Waals surface area contributed by atoms with Gasteiger partial charge < -0.3 is 20.3 Å². The third-order valence-corrected chi connectivity index (χ3v) is 9.61. The maximum Gasteiger partial charge on any atom is 0.240 e. The highest BCUT2D eigenvalue weighted by Crippen LogP contribution is 2.47. The van der Waals surface area contributed by atoms with Gasteiger partial charge in [0.05, 0.1) is 29.9 Å². The van der Waals surface area contributed by atoms with Gasteiger partial charge in [-0.1, -0.05) is 46.8 Å². The number of aliphatic hydroxyl groups is 2. The lowest BCUT2D eigenvalue weighted by molar-refractivity contribution is -0.182. The number of hydrogen-bond donors (Lipinski definition) is 3. The van der Waals surface area contributed by atoms with E-state index in [4.69, 9.17) is 9.57 Å². The standard InChI is InChI=1S/C26H41IN2O5/c1-14-11-20(15(2)16(3)26(14,5)6)28-25(32)23-22(17(4)31)21(13-30)34-29(23)12-18-9-8-10-19(27)24(18)33-7/h8-10,14-17,20-23,30-31H,11-13H2,1-7H3,(H,28,32)/t14-,15+,16+,17+,20+,21+,22?,23+/m1/s1. The second-order valence-electron chi connectivity index (χ2n) is 10.8. The normalized spacial score (nSPS) is 34.6. The smallest absolute Gasteiger partial charge is 0.240 e. The summed E-state index contributed by atoms with van der Waals surface area (Å²) in [5.74, 6) is 1.25. The molecule has 0 bridgehead atoms. The number of aliphatic hydroxyl groups excluding tert-OH is 2. The summed E-state index contributed by atoms with van der Waals surface area (Å²) >= 11 is 2.22. The van der Waals surface area contributed by atoms with E-state index in [1.165, 1.54) is 0 Å². The molecule has 1 heterocycles. The number of methoxy groups -OCH3 is 1. The number of hydrogen-bond acceptors (Lipinski definition) is 6. The molecule has 1 amide bonds. The molecule has 1 aliphatic heterocycles. The topological polar surface area (TPSA) is 91.3 Å². The maximum absolute atomic E-state index is 13.8. The molecule has 3 rings (SSSR count). The van der Waals surface area contributed by atoms with Gasteiger partial charge in [-0.3, -0.25) is 9.63 Å². The van der Waals surface area contributed by atoms with Crippen molar-refractivity contribution in [1.82, 2.24) is 10.4 Å². The van der Waals surface area contributed by atoms with Gasteiger partial charge in [0, 0.05) is 17.5 Å². The molecule has 1 aromatic rings. The molecule has 0 aromatic heterocycles. The second-order valence-corrected chi connectivity index (χ2v) is 12.0. The number of nitrogens with zero attached hydrogens (tertiary/aromatic N) is 1. The Balaban J connectivity index is 1.88. The van der Waals surface area contributed by atoms with E-state index in [1.807, 2.05) is 18.2 Å². The van der Waals surface area contributed by atoms with E-state index in [0.29, 0.717) is 24.3 Å². The van der Waals surface area contributed by atoms with Crippen molar-refractivity contribution in [2.24, 2.45) is 29.1 Å². The lowest BCUT2D eigenvalue weighted by Crippen LogP contribution is -2.56. The number of rotatable bonds is 7. The van der Waals surface area contributed by atoms with E-state index in [2.05, 4.69) is 62.5 Å². The third kappa shape index (κ3) is 5.26. The molecule has 1 saturated heterocycles. The summed E-state index contributed by atoms with van der Waals surface area (Å²) in [5, 5.41) is 25.5. The van der Waals surface area contributed by atoms with Gasteiger partial charge in [0.1, 0.15) is 17.9 Å². The summed E-state index contributed by atoms with van der Waals surface area (Å²) in [6.45, 7) is 13.1. The Labute approximate surface area is 217 Å². The Morgan fingerprint density at radius 2 is 2.03 bits per heavy atom. The van der Waals surface area contributed by atoms with Crippen molar-refractivity contribution >= 4 is 28.5 Å². The molecule has 1 aromatic carbocycles. The van der Waals surface area contributed by atoms with Crippen LogP contribution in [0, 0.1) is 32.7 Å². The van der Waals surface area contributed by atoms with Crippen LogP contribution in [0.15, 0.2) is 18.2 Å². The minimum absolute atomic E-state index is 0.0439. The first-order valence-corrected chi connectivity index (χ1v) is 13.4.